The molecule has 4 heterocycles. The quantitative estimate of drug-likeness (QED) is 0.163. The number of fused-ring (bicyclic) bond motifs is 5. The molecular weight excluding hydrogens is 822 g/mol. The molecule has 0 unspecified atom stereocenters. The Balaban J connectivity index is 1.07. The number of nitrogens with one attached hydrogen (secondary N) is 3. The van der Waals surface area contributed by atoms with Crippen molar-refractivity contribution in [1.82, 2.24) is 25.2 Å². The monoisotopic (exact) mass is 871 g/mol. The van der Waals surface area contributed by atoms with Gasteiger partial charge in [-0.1, -0.05) is 43.2 Å². The Morgan fingerprint density at radius 1 is 0.952 bits per heavy atom. The van der Waals surface area contributed by atoms with Crippen LogP contribution in [0.4, 0.5) is 9.18 Å². The molecule has 2 aromatic carbocycles. The SMILES string of the molecule is COc1cccc2c1oc1c(O[C@@H]3C[C@H]4C(=O)N[C@]5(C(=O)NS(=O)(=O)C6CC6)C[C@H]5C=CCCCCC[C@H](NC(=O)OC5CCCC5)C(=O)N4C3)cc(-c3ccccc3F)nc12. The third kappa shape index (κ3) is 8.30. The number of carbonyl (C=O) groups excluding carboxylic acids is 4. The Kier molecular flexibility index (Phi) is 11.3. The first-order valence-corrected chi connectivity index (χ1v) is 23.1. The number of amides is 4. The maximum Gasteiger partial charge on any atom is 0.408 e. The number of nitrogens with zero attached hydrogens (tertiary/aromatic N) is 2. The zero-order valence-corrected chi connectivity index (χ0v) is 35.2. The number of rotatable bonds is 9. The van der Waals surface area contributed by atoms with Gasteiger partial charge in [0, 0.05) is 24.0 Å². The summed E-state index contributed by atoms with van der Waals surface area (Å²) in [7, 11) is -2.43. The molecule has 2 aromatic heterocycles. The van der Waals surface area contributed by atoms with Crippen LogP contribution in [0, 0.1) is 11.7 Å². The lowest BCUT2D eigenvalue weighted by Gasteiger charge is -2.30. The van der Waals surface area contributed by atoms with Crippen LogP contribution >= 0.6 is 0 Å². The van der Waals surface area contributed by atoms with E-state index in [1.807, 2.05) is 12.2 Å². The fourth-order valence-corrected chi connectivity index (χ4v) is 10.5. The average molecular weight is 872 g/mol. The van der Waals surface area contributed by atoms with Crippen molar-refractivity contribution < 1.29 is 50.6 Å². The largest absolute Gasteiger partial charge is 0.493 e. The highest BCUT2D eigenvalue weighted by atomic mass is 32.2. The Hall–Kier alpha value is -5.71. The highest BCUT2D eigenvalue weighted by Crippen LogP contribution is 2.46. The summed E-state index contributed by atoms with van der Waals surface area (Å²) in [5, 5.41) is 5.62. The average Bonchev–Trinajstić information content (AvgIpc) is 4.06. The molecule has 0 spiro atoms. The summed E-state index contributed by atoms with van der Waals surface area (Å²) in [6.07, 6.45) is 9.40. The minimum atomic E-state index is -3.94. The number of para-hydroxylation sites is 1. The van der Waals surface area contributed by atoms with Crippen LogP contribution in [0.2, 0.25) is 0 Å². The predicted octanol–water partition coefficient (Wildman–Crippen LogP) is 6.19. The predicted molar refractivity (Wildman–Crippen MR) is 225 cm³/mol. The van der Waals surface area contributed by atoms with Gasteiger partial charge < -0.3 is 34.2 Å². The second-order valence-corrected chi connectivity index (χ2v) is 19.1. The molecule has 3 aliphatic carbocycles. The van der Waals surface area contributed by atoms with Gasteiger partial charge in [-0.25, -0.2) is 22.6 Å². The summed E-state index contributed by atoms with van der Waals surface area (Å²) in [6.45, 7) is -0.117. The molecule has 0 radical (unpaired) electrons. The van der Waals surface area contributed by atoms with Crippen molar-refractivity contribution in [2.24, 2.45) is 5.92 Å². The second-order valence-electron chi connectivity index (χ2n) is 17.1. The lowest BCUT2D eigenvalue weighted by Crippen LogP contribution is -2.58. The van der Waals surface area contributed by atoms with E-state index in [0.29, 0.717) is 47.9 Å². The molecular formula is C45H50FN5O10S. The van der Waals surface area contributed by atoms with E-state index in [9.17, 15) is 27.6 Å². The number of hydrogen-bond donors (Lipinski definition) is 3. The number of methoxy groups -OCH3 is 1. The number of allylic oxidation sites excluding steroid dienone is 1. The van der Waals surface area contributed by atoms with E-state index in [2.05, 4.69) is 15.4 Å². The van der Waals surface area contributed by atoms with Crippen LogP contribution in [-0.4, -0.2) is 90.9 Å². The molecule has 9 rings (SSSR count). The topological polar surface area (TPSA) is 195 Å². The number of benzene rings is 2. The molecule has 4 amide bonds. The third-order valence-corrected chi connectivity index (χ3v) is 14.6. The van der Waals surface area contributed by atoms with Gasteiger partial charge in [0.1, 0.15) is 41.2 Å². The number of halogens is 1. The summed E-state index contributed by atoms with van der Waals surface area (Å²) in [5.41, 5.74) is -0.0952. The minimum absolute atomic E-state index is 0.0577. The molecule has 15 nitrogen and oxygen atoms in total. The Labute approximate surface area is 358 Å². The molecule has 3 N–H and O–H groups in total. The molecule has 1 saturated heterocycles. The van der Waals surface area contributed by atoms with Gasteiger partial charge in [-0.15, -0.1) is 0 Å². The number of furan rings is 1. The molecule has 62 heavy (non-hydrogen) atoms. The van der Waals surface area contributed by atoms with Crippen LogP contribution in [0.25, 0.3) is 33.3 Å². The van der Waals surface area contributed by atoms with Crippen molar-refractivity contribution in [3.8, 4) is 22.8 Å². The zero-order valence-electron chi connectivity index (χ0n) is 34.4. The van der Waals surface area contributed by atoms with Crippen LogP contribution < -0.4 is 24.8 Å². The van der Waals surface area contributed by atoms with E-state index in [1.165, 1.54) is 18.1 Å². The van der Waals surface area contributed by atoms with Crippen LogP contribution in [-0.2, 0) is 29.1 Å². The molecule has 17 heteroatoms. The fourth-order valence-electron chi connectivity index (χ4n) is 9.12. The zero-order chi connectivity index (χ0) is 43.2. The third-order valence-electron chi connectivity index (χ3n) is 12.8. The van der Waals surface area contributed by atoms with Crippen LogP contribution in [0.1, 0.15) is 83.5 Å². The van der Waals surface area contributed by atoms with Crippen molar-refractivity contribution >= 4 is 55.9 Å². The number of pyridine rings is 1. The van der Waals surface area contributed by atoms with Gasteiger partial charge in [0.2, 0.25) is 21.8 Å². The highest BCUT2D eigenvalue weighted by molar-refractivity contribution is 7.91. The summed E-state index contributed by atoms with van der Waals surface area (Å²) in [4.78, 5) is 62.8. The van der Waals surface area contributed by atoms with Gasteiger partial charge >= 0.3 is 6.09 Å². The van der Waals surface area contributed by atoms with E-state index in [1.54, 1.807) is 42.5 Å². The molecule has 2 aliphatic heterocycles. The molecule has 5 atom stereocenters. The number of aromatic nitrogens is 1. The van der Waals surface area contributed by atoms with Crippen LogP contribution in [0.3, 0.4) is 0 Å². The normalized spacial score (nSPS) is 25.9. The Morgan fingerprint density at radius 2 is 1.74 bits per heavy atom. The summed E-state index contributed by atoms with van der Waals surface area (Å²) in [6, 6.07) is 10.8. The second kappa shape index (κ2) is 16.9. The number of sulfonamides is 1. The van der Waals surface area contributed by atoms with E-state index >= 15 is 4.39 Å². The molecule has 0 bridgehead atoms. The summed E-state index contributed by atoms with van der Waals surface area (Å²) >= 11 is 0. The van der Waals surface area contributed by atoms with Crippen LogP contribution in [0.5, 0.6) is 11.5 Å². The molecule has 4 fully saturated rings. The molecule has 3 saturated carbocycles. The maximum atomic E-state index is 15.3. The number of hydrogen-bond acceptors (Lipinski definition) is 11. The summed E-state index contributed by atoms with van der Waals surface area (Å²) < 4.78 is 67.8. The lowest BCUT2D eigenvalue weighted by molar-refractivity contribution is -0.141. The van der Waals surface area contributed by atoms with Gasteiger partial charge in [0.25, 0.3) is 5.91 Å². The van der Waals surface area contributed by atoms with Gasteiger partial charge in [0.05, 0.1) is 30.0 Å². The van der Waals surface area contributed by atoms with E-state index in [4.69, 9.17) is 23.6 Å². The van der Waals surface area contributed by atoms with Crippen molar-refractivity contribution in [2.75, 3.05) is 13.7 Å². The van der Waals surface area contributed by atoms with Crippen molar-refractivity contribution in [2.45, 2.75) is 119 Å². The maximum absolute atomic E-state index is 15.3. The fraction of sp³-hybridized carbons (Fsp3) is 0.489. The number of alkyl carbamates (subject to hydrolysis) is 1. The number of ether oxygens (including phenoxy) is 3. The first-order valence-electron chi connectivity index (χ1n) is 21.6. The van der Waals surface area contributed by atoms with Crippen LogP contribution in [0.15, 0.2) is 65.1 Å². The van der Waals surface area contributed by atoms with E-state index < -0.39 is 74.5 Å². The lowest BCUT2D eigenvalue weighted by atomic mass is 10.0. The van der Waals surface area contributed by atoms with Crippen molar-refractivity contribution in [3.05, 3.63) is 66.5 Å². The molecule has 5 aliphatic rings. The summed E-state index contributed by atoms with van der Waals surface area (Å²) in [5.74, 6) is -2.41. The van der Waals surface area contributed by atoms with E-state index in [-0.39, 0.29) is 54.5 Å². The van der Waals surface area contributed by atoms with Gasteiger partial charge in [-0.3, -0.25) is 19.1 Å². The first kappa shape index (κ1) is 41.6. The first-order chi connectivity index (χ1) is 29.9. The molecule has 4 aromatic rings. The van der Waals surface area contributed by atoms with Gasteiger partial charge in [-0.05, 0) is 88.5 Å². The van der Waals surface area contributed by atoms with Crippen molar-refractivity contribution in [1.29, 1.82) is 0 Å². The number of carbonyl (C=O) groups is 4. The van der Waals surface area contributed by atoms with Crippen molar-refractivity contribution in [3.63, 3.8) is 0 Å². The molecule has 328 valence electrons. The Morgan fingerprint density at radius 3 is 2.52 bits per heavy atom. The van der Waals surface area contributed by atoms with Gasteiger partial charge in [-0.2, -0.15) is 0 Å². The standard InChI is InChI=1S/C45H50FN5O10S/c1-58-36-19-11-16-31-38-40(61-39(31)36)37(23-34(47-38)30-15-9-10-17-32(30)46)59-28-22-35-41(52)49-45(43(54)50-62(56,57)29-20-21-29)24-26(45)12-5-3-2-4-6-18-33(42(53)51(35)25-28)48-44(55)60-27-13-7-8-14-27/h5,9-12,15-17,19,23,26-29,33,35H,2-4,6-8,13-14,18,20-22,24-25H2,1H3,(H,48,55)(H,49,52)(H,50,54)/t26-,28-,33+,35+,45-/m1/s1. The van der Waals surface area contributed by atoms with E-state index in [0.717, 1.165) is 38.5 Å². The Bertz CT molecular complexity index is 2550. The smallest absolute Gasteiger partial charge is 0.408 e. The van der Waals surface area contributed by atoms with Gasteiger partial charge in [0.15, 0.2) is 22.7 Å². The minimum Gasteiger partial charge on any atom is -0.493 e. The highest BCUT2D eigenvalue weighted by Gasteiger charge is 2.62.